The third kappa shape index (κ3) is 3.41. The van der Waals surface area contributed by atoms with E-state index < -0.39 is 0 Å². The lowest BCUT2D eigenvalue weighted by Crippen LogP contribution is -2.50. The summed E-state index contributed by atoms with van der Waals surface area (Å²) in [6.07, 6.45) is 1.62. The highest BCUT2D eigenvalue weighted by Crippen LogP contribution is 2.17. The Bertz CT molecular complexity index is 734. The minimum absolute atomic E-state index is 0.00264. The first-order chi connectivity index (χ1) is 11.6. The standard InChI is InChI=1S/C17H19N3O3S/c1-12-18-11-15(24-12)17(22)20-9-7-19(8-10-20)16(21)13-3-5-14(23-2)6-4-13/h3-6,11H,7-10H2,1-2H3. The predicted molar refractivity (Wildman–Crippen MR) is 91.7 cm³/mol. The maximum Gasteiger partial charge on any atom is 0.265 e. The van der Waals surface area contributed by atoms with Gasteiger partial charge in [-0.05, 0) is 31.2 Å². The van der Waals surface area contributed by atoms with E-state index in [9.17, 15) is 9.59 Å². The highest BCUT2D eigenvalue weighted by molar-refractivity contribution is 7.13. The highest BCUT2D eigenvalue weighted by atomic mass is 32.1. The SMILES string of the molecule is COc1ccc(C(=O)N2CCN(C(=O)c3cnc(C)s3)CC2)cc1. The van der Waals surface area contributed by atoms with Crippen molar-refractivity contribution in [3.8, 4) is 5.75 Å². The van der Waals surface area contributed by atoms with Crippen LogP contribution >= 0.6 is 11.3 Å². The Morgan fingerprint density at radius 1 is 1.04 bits per heavy atom. The summed E-state index contributed by atoms with van der Waals surface area (Å²) in [6, 6.07) is 7.08. The highest BCUT2D eigenvalue weighted by Gasteiger charge is 2.26. The van der Waals surface area contributed by atoms with Crippen molar-refractivity contribution in [2.45, 2.75) is 6.92 Å². The quantitative estimate of drug-likeness (QED) is 0.854. The number of nitrogens with zero attached hydrogens (tertiary/aromatic N) is 3. The largest absolute Gasteiger partial charge is 0.497 e. The van der Waals surface area contributed by atoms with Gasteiger partial charge in [-0.3, -0.25) is 9.59 Å². The monoisotopic (exact) mass is 345 g/mol. The lowest BCUT2D eigenvalue weighted by atomic mass is 10.1. The zero-order chi connectivity index (χ0) is 17.1. The molecular formula is C17H19N3O3S. The molecule has 6 nitrogen and oxygen atoms in total. The van der Waals surface area contributed by atoms with Crippen LogP contribution in [0.4, 0.5) is 0 Å². The fraction of sp³-hybridized carbons (Fsp3) is 0.353. The summed E-state index contributed by atoms with van der Waals surface area (Å²) >= 11 is 1.40. The van der Waals surface area contributed by atoms with Gasteiger partial charge in [-0.25, -0.2) is 4.98 Å². The summed E-state index contributed by atoms with van der Waals surface area (Å²) in [6.45, 7) is 4.03. The minimum atomic E-state index is -0.0154. The molecule has 0 spiro atoms. The maximum atomic E-state index is 12.5. The summed E-state index contributed by atoms with van der Waals surface area (Å²) in [5.74, 6) is 0.706. The number of hydrogen-bond acceptors (Lipinski definition) is 5. The van der Waals surface area contributed by atoms with E-state index in [4.69, 9.17) is 4.74 Å². The van der Waals surface area contributed by atoms with Crippen LogP contribution < -0.4 is 4.74 Å². The van der Waals surface area contributed by atoms with Gasteiger partial charge < -0.3 is 14.5 Å². The number of hydrogen-bond donors (Lipinski definition) is 0. The van der Waals surface area contributed by atoms with Crippen LogP contribution in [0.25, 0.3) is 0 Å². The number of carbonyl (C=O) groups excluding carboxylic acids is 2. The Labute approximate surface area is 144 Å². The number of ether oxygens (including phenoxy) is 1. The van der Waals surface area contributed by atoms with Crippen molar-refractivity contribution in [2.75, 3.05) is 33.3 Å². The molecule has 2 heterocycles. The molecule has 1 aliphatic rings. The molecule has 0 saturated carbocycles. The normalized spacial score (nSPS) is 14.6. The number of aryl methyl sites for hydroxylation is 1. The molecule has 0 aliphatic carbocycles. The van der Waals surface area contributed by atoms with Crippen LogP contribution in [-0.2, 0) is 0 Å². The molecule has 0 atom stereocenters. The Kier molecular flexibility index (Phi) is 4.80. The van der Waals surface area contributed by atoms with Crippen molar-refractivity contribution < 1.29 is 14.3 Å². The van der Waals surface area contributed by atoms with E-state index in [2.05, 4.69) is 4.98 Å². The van der Waals surface area contributed by atoms with Gasteiger partial charge in [-0.1, -0.05) is 0 Å². The first-order valence-electron chi connectivity index (χ1n) is 7.73. The Morgan fingerprint density at radius 2 is 1.62 bits per heavy atom. The van der Waals surface area contributed by atoms with E-state index >= 15 is 0 Å². The first-order valence-corrected chi connectivity index (χ1v) is 8.55. The third-order valence-corrected chi connectivity index (χ3v) is 4.92. The molecule has 1 aromatic carbocycles. The minimum Gasteiger partial charge on any atom is -0.497 e. The smallest absolute Gasteiger partial charge is 0.265 e. The molecular weight excluding hydrogens is 326 g/mol. The van der Waals surface area contributed by atoms with Crippen LogP contribution in [0.15, 0.2) is 30.5 Å². The molecule has 0 unspecified atom stereocenters. The van der Waals surface area contributed by atoms with Gasteiger partial charge in [-0.15, -0.1) is 11.3 Å². The van der Waals surface area contributed by atoms with Gasteiger partial charge >= 0.3 is 0 Å². The van der Waals surface area contributed by atoms with Gasteiger partial charge in [0, 0.05) is 31.7 Å². The lowest BCUT2D eigenvalue weighted by Gasteiger charge is -2.34. The topological polar surface area (TPSA) is 62.7 Å². The van der Waals surface area contributed by atoms with E-state index in [1.165, 1.54) is 11.3 Å². The number of benzene rings is 1. The fourth-order valence-electron chi connectivity index (χ4n) is 2.64. The summed E-state index contributed by atoms with van der Waals surface area (Å²) in [5, 5.41) is 0.881. The Hall–Kier alpha value is -2.41. The molecule has 2 amide bonds. The molecule has 0 bridgehead atoms. The van der Waals surface area contributed by atoms with Crippen LogP contribution in [0.1, 0.15) is 25.0 Å². The molecule has 24 heavy (non-hydrogen) atoms. The number of amides is 2. The van der Waals surface area contributed by atoms with E-state index in [0.29, 0.717) is 36.6 Å². The van der Waals surface area contributed by atoms with Gasteiger partial charge in [0.1, 0.15) is 10.6 Å². The summed E-state index contributed by atoms with van der Waals surface area (Å²) in [7, 11) is 1.59. The van der Waals surface area contributed by atoms with Crippen LogP contribution in [-0.4, -0.2) is 59.9 Å². The van der Waals surface area contributed by atoms with E-state index in [1.54, 1.807) is 47.4 Å². The zero-order valence-electron chi connectivity index (χ0n) is 13.7. The molecule has 126 valence electrons. The number of rotatable bonds is 3. The van der Waals surface area contributed by atoms with Gasteiger partial charge in [0.15, 0.2) is 0 Å². The van der Waals surface area contributed by atoms with Crippen LogP contribution in [0.3, 0.4) is 0 Å². The fourth-order valence-corrected chi connectivity index (χ4v) is 3.39. The van der Waals surface area contributed by atoms with Crippen LogP contribution in [0.5, 0.6) is 5.75 Å². The van der Waals surface area contributed by atoms with Crippen LogP contribution in [0, 0.1) is 6.92 Å². The molecule has 0 N–H and O–H groups in total. The number of thiazole rings is 1. The van der Waals surface area contributed by atoms with E-state index in [-0.39, 0.29) is 11.8 Å². The van der Waals surface area contributed by atoms with Gasteiger partial charge in [0.2, 0.25) is 0 Å². The average molecular weight is 345 g/mol. The maximum absolute atomic E-state index is 12.5. The summed E-state index contributed by atoms with van der Waals surface area (Å²) in [5.41, 5.74) is 0.633. The van der Waals surface area contributed by atoms with Gasteiger partial charge in [0.05, 0.1) is 18.3 Å². The Balaban J connectivity index is 1.59. The number of aromatic nitrogens is 1. The van der Waals surface area contributed by atoms with Crippen LogP contribution in [0.2, 0.25) is 0 Å². The lowest BCUT2D eigenvalue weighted by molar-refractivity contribution is 0.0538. The molecule has 2 aromatic rings. The summed E-state index contributed by atoms with van der Waals surface area (Å²) in [4.78, 5) is 33.3. The molecule has 0 radical (unpaired) electrons. The predicted octanol–water partition coefficient (Wildman–Crippen LogP) is 2.06. The van der Waals surface area contributed by atoms with E-state index in [0.717, 1.165) is 10.8 Å². The number of piperazine rings is 1. The molecule has 1 fully saturated rings. The van der Waals surface area contributed by atoms with E-state index in [1.807, 2.05) is 6.92 Å². The van der Waals surface area contributed by atoms with Crippen molar-refractivity contribution >= 4 is 23.2 Å². The second-order valence-electron chi connectivity index (χ2n) is 5.56. The third-order valence-electron chi connectivity index (χ3n) is 4.02. The molecule has 3 rings (SSSR count). The summed E-state index contributed by atoms with van der Waals surface area (Å²) < 4.78 is 5.11. The number of carbonyl (C=O) groups is 2. The van der Waals surface area contributed by atoms with Crippen molar-refractivity contribution in [1.82, 2.24) is 14.8 Å². The van der Waals surface area contributed by atoms with Gasteiger partial charge in [0.25, 0.3) is 11.8 Å². The Morgan fingerprint density at radius 3 is 2.12 bits per heavy atom. The van der Waals surface area contributed by atoms with Gasteiger partial charge in [-0.2, -0.15) is 0 Å². The van der Waals surface area contributed by atoms with Crippen molar-refractivity contribution in [1.29, 1.82) is 0 Å². The first kappa shape index (κ1) is 16.4. The molecule has 1 aromatic heterocycles. The second kappa shape index (κ2) is 7.00. The van der Waals surface area contributed by atoms with Crippen molar-refractivity contribution in [3.63, 3.8) is 0 Å². The molecule has 7 heteroatoms. The number of methoxy groups -OCH3 is 1. The molecule has 1 saturated heterocycles. The molecule has 1 aliphatic heterocycles. The second-order valence-corrected chi connectivity index (χ2v) is 6.79. The zero-order valence-corrected chi connectivity index (χ0v) is 14.5. The van der Waals surface area contributed by atoms with Crippen molar-refractivity contribution in [2.24, 2.45) is 0 Å². The average Bonchev–Trinajstić information content (AvgIpc) is 3.07. The van der Waals surface area contributed by atoms with Crippen molar-refractivity contribution in [3.05, 3.63) is 45.9 Å².